The predicted molar refractivity (Wildman–Crippen MR) is 68.7 cm³/mol. The van der Waals surface area contributed by atoms with Gasteiger partial charge in [-0.05, 0) is 0 Å². The number of nitrogens with zero attached hydrogens (tertiary/aromatic N) is 2. The molecule has 11 heteroatoms. The fourth-order valence-electron chi connectivity index (χ4n) is 0.805. The van der Waals surface area contributed by atoms with Crippen LogP contribution in [0.25, 0.3) is 0 Å². The summed E-state index contributed by atoms with van der Waals surface area (Å²) in [5.74, 6) is 0.135. The zero-order chi connectivity index (χ0) is 14.0. The zero-order valence-electron chi connectivity index (χ0n) is 9.35. The van der Waals surface area contributed by atoms with Gasteiger partial charge >= 0.3 is 10.4 Å². The van der Waals surface area contributed by atoms with Gasteiger partial charge in [-0.2, -0.15) is 8.42 Å². The number of hydrogen-bond acceptors (Lipinski definition) is 6. The van der Waals surface area contributed by atoms with E-state index in [0.717, 1.165) is 18.8 Å². The smallest absolute Gasteiger partial charge is 0.370 e. The van der Waals surface area contributed by atoms with Gasteiger partial charge in [-0.15, -0.1) is 11.3 Å². The second-order valence-electron chi connectivity index (χ2n) is 2.91. The first-order valence-electron chi connectivity index (χ1n) is 4.62. The molecule has 18 heavy (non-hydrogen) atoms. The molecule has 0 aromatic carbocycles. The van der Waals surface area contributed by atoms with Crippen LogP contribution in [-0.2, 0) is 16.9 Å². The Hall–Kier alpha value is -1.27. The minimum absolute atomic E-state index is 0.135. The van der Waals surface area contributed by atoms with Gasteiger partial charge in [-0.1, -0.05) is 0 Å². The molecule has 1 rings (SSSR count). The Morgan fingerprint density at radius 2 is 2.11 bits per heavy atom. The normalized spacial score (nSPS) is 10.3. The summed E-state index contributed by atoms with van der Waals surface area (Å²) in [6.07, 6.45) is 0. The van der Waals surface area contributed by atoms with Gasteiger partial charge < -0.3 is 16.8 Å². The zero-order valence-corrected chi connectivity index (χ0v) is 11.0. The molecule has 104 valence electrons. The summed E-state index contributed by atoms with van der Waals surface area (Å²) in [4.78, 5) is 7.96. The van der Waals surface area contributed by atoms with Crippen molar-refractivity contribution >= 4 is 27.7 Å². The average molecular weight is 297 g/mol. The van der Waals surface area contributed by atoms with Crippen LogP contribution in [-0.4, -0.2) is 41.6 Å². The van der Waals surface area contributed by atoms with E-state index in [-0.39, 0.29) is 5.96 Å². The molecule has 1 aromatic rings. The number of rotatable bonds is 5. The maximum absolute atomic E-state index is 8.74. The van der Waals surface area contributed by atoms with Crippen LogP contribution < -0.4 is 16.8 Å². The summed E-state index contributed by atoms with van der Waals surface area (Å²) in [6.45, 7) is 2.13. The molecule has 0 aliphatic carbocycles. The maximum Gasteiger partial charge on any atom is 0.394 e. The number of thiazole rings is 1. The molecule has 0 bridgehead atoms. The van der Waals surface area contributed by atoms with Gasteiger partial charge in [0.1, 0.15) is 0 Å². The summed E-state index contributed by atoms with van der Waals surface area (Å²) in [5, 5.41) is 5.18. The maximum atomic E-state index is 8.74. The summed E-state index contributed by atoms with van der Waals surface area (Å²) in [7, 11) is -4.67. The van der Waals surface area contributed by atoms with Gasteiger partial charge in [-0.3, -0.25) is 14.1 Å². The number of nitrogens with one attached hydrogen (secondary N) is 1. The third-order valence-electron chi connectivity index (χ3n) is 1.37. The molecular weight excluding hydrogens is 282 g/mol. The Labute approximate surface area is 109 Å². The van der Waals surface area contributed by atoms with Gasteiger partial charge in [0.05, 0.1) is 17.7 Å². The fraction of sp³-hybridized carbons (Fsp3) is 0.429. The van der Waals surface area contributed by atoms with E-state index in [1.165, 1.54) is 0 Å². The molecule has 0 radical (unpaired) electrons. The lowest BCUT2D eigenvalue weighted by Gasteiger charge is -1.99. The van der Waals surface area contributed by atoms with Gasteiger partial charge in [0.2, 0.25) is 0 Å². The molecule has 0 atom stereocenters. The summed E-state index contributed by atoms with van der Waals surface area (Å²) in [5.41, 5.74) is 13.2. The fourth-order valence-corrected chi connectivity index (χ4v) is 1.36. The Morgan fingerprint density at radius 1 is 1.50 bits per heavy atom. The largest absolute Gasteiger partial charge is 0.394 e. The van der Waals surface area contributed by atoms with Crippen molar-refractivity contribution in [3.8, 4) is 0 Å². The van der Waals surface area contributed by atoms with E-state index in [1.54, 1.807) is 11.3 Å². The second-order valence-corrected chi connectivity index (χ2v) is 4.53. The Morgan fingerprint density at radius 3 is 2.56 bits per heavy atom. The number of aliphatic imine (C=N–C) groups is 1. The van der Waals surface area contributed by atoms with Gasteiger partial charge in [0, 0.05) is 18.5 Å². The standard InChI is InChI=1S/C7H13N5S.H2O4S/c8-7(9)11-2-1-10-3-6-4-13-5-12-6;1-5(2,3)4/h4-5,10H,1-3H2,(H4,8,9,11);(H2,1,2,3,4). The topological polar surface area (TPSA) is 164 Å². The Balaban J connectivity index is 0.000000494. The third-order valence-corrected chi connectivity index (χ3v) is 2.01. The van der Waals surface area contributed by atoms with Crippen LogP contribution >= 0.6 is 11.3 Å². The highest BCUT2D eigenvalue weighted by Crippen LogP contribution is 1.99. The van der Waals surface area contributed by atoms with Crippen molar-refractivity contribution in [1.29, 1.82) is 0 Å². The summed E-state index contributed by atoms with van der Waals surface area (Å²) >= 11 is 1.59. The number of aromatic nitrogens is 1. The molecule has 0 aliphatic rings. The SMILES string of the molecule is NC(N)=NCCNCc1cscn1.O=S(=O)(O)O. The number of hydrogen-bond donors (Lipinski definition) is 5. The van der Waals surface area contributed by atoms with E-state index in [1.807, 2.05) is 10.9 Å². The number of nitrogens with two attached hydrogens (primary N) is 2. The van der Waals surface area contributed by atoms with Crippen molar-refractivity contribution in [2.45, 2.75) is 6.54 Å². The second kappa shape index (κ2) is 8.77. The molecule has 9 nitrogen and oxygen atoms in total. The molecular formula is C7H15N5O4S2. The minimum Gasteiger partial charge on any atom is -0.370 e. The van der Waals surface area contributed by atoms with E-state index in [0.29, 0.717) is 6.54 Å². The van der Waals surface area contributed by atoms with Crippen molar-refractivity contribution < 1.29 is 17.5 Å². The van der Waals surface area contributed by atoms with Gasteiger partial charge in [0.15, 0.2) is 5.96 Å². The van der Waals surface area contributed by atoms with E-state index in [4.69, 9.17) is 29.0 Å². The van der Waals surface area contributed by atoms with Crippen molar-refractivity contribution in [3.05, 3.63) is 16.6 Å². The third kappa shape index (κ3) is 14.7. The van der Waals surface area contributed by atoms with Crippen molar-refractivity contribution in [2.75, 3.05) is 13.1 Å². The molecule has 0 fully saturated rings. The van der Waals surface area contributed by atoms with Crippen LogP contribution in [0, 0.1) is 0 Å². The minimum atomic E-state index is -4.67. The average Bonchev–Trinajstić information content (AvgIpc) is 2.66. The first-order valence-corrected chi connectivity index (χ1v) is 6.96. The van der Waals surface area contributed by atoms with Crippen LogP contribution in [0.5, 0.6) is 0 Å². The van der Waals surface area contributed by atoms with Crippen molar-refractivity contribution in [3.63, 3.8) is 0 Å². The first-order chi connectivity index (χ1) is 8.29. The van der Waals surface area contributed by atoms with Crippen molar-refractivity contribution in [1.82, 2.24) is 10.3 Å². The van der Waals surface area contributed by atoms with Crippen LogP contribution in [0.15, 0.2) is 15.9 Å². The van der Waals surface area contributed by atoms with Gasteiger partial charge in [0.25, 0.3) is 0 Å². The Kier molecular flexibility index (Phi) is 8.15. The molecule has 1 aromatic heterocycles. The molecule has 0 spiro atoms. The van der Waals surface area contributed by atoms with Crippen LogP contribution in [0.2, 0.25) is 0 Å². The van der Waals surface area contributed by atoms with Crippen LogP contribution in [0.3, 0.4) is 0 Å². The quantitative estimate of drug-likeness (QED) is 0.197. The van der Waals surface area contributed by atoms with E-state index in [9.17, 15) is 0 Å². The molecule has 0 saturated carbocycles. The monoisotopic (exact) mass is 297 g/mol. The molecule has 0 unspecified atom stereocenters. The van der Waals surface area contributed by atoms with Crippen LogP contribution in [0.4, 0.5) is 0 Å². The van der Waals surface area contributed by atoms with E-state index >= 15 is 0 Å². The first kappa shape index (κ1) is 16.7. The highest BCUT2D eigenvalue weighted by Gasteiger charge is 1.92. The number of guanidine groups is 1. The lowest BCUT2D eigenvalue weighted by atomic mass is 10.5. The van der Waals surface area contributed by atoms with Crippen molar-refractivity contribution in [2.24, 2.45) is 16.5 Å². The molecule has 7 N–H and O–H groups in total. The predicted octanol–water partition coefficient (Wildman–Crippen LogP) is -1.15. The Bertz CT molecular complexity index is 432. The molecule has 0 saturated heterocycles. The molecule has 0 aliphatic heterocycles. The summed E-state index contributed by atoms with van der Waals surface area (Å²) in [6, 6.07) is 0. The lowest BCUT2D eigenvalue weighted by molar-refractivity contribution is 0.381. The molecule has 1 heterocycles. The van der Waals surface area contributed by atoms with Gasteiger partial charge in [-0.25, -0.2) is 4.98 Å². The highest BCUT2D eigenvalue weighted by molar-refractivity contribution is 7.79. The molecule has 0 amide bonds. The highest BCUT2D eigenvalue weighted by atomic mass is 32.3. The van der Waals surface area contributed by atoms with E-state index in [2.05, 4.69) is 15.3 Å². The van der Waals surface area contributed by atoms with E-state index < -0.39 is 10.4 Å². The van der Waals surface area contributed by atoms with Crippen LogP contribution in [0.1, 0.15) is 5.69 Å². The summed E-state index contributed by atoms with van der Waals surface area (Å²) < 4.78 is 31.6. The lowest BCUT2D eigenvalue weighted by Crippen LogP contribution is -2.25.